The highest BCUT2D eigenvalue weighted by atomic mass is 19.4. The van der Waals surface area contributed by atoms with Gasteiger partial charge in [-0.15, -0.1) is 0 Å². The van der Waals surface area contributed by atoms with Crippen LogP contribution < -0.4 is 22.1 Å². The van der Waals surface area contributed by atoms with E-state index < -0.39 is 36.4 Å². The van der Waals surface area contributed by atoms with E-state index in [1.165, 1.54) is 22.9 Å². The van der Waals surface area contributed by atoms with Crippen molar-refractivity contribution in [2.75, 3.05) is 18.5 Å². The third-order valence-corrected chi connectivity index (χ3v) is 12.2. The van der Waals surface area contributed by atoms with Crippen LogP contribution in [0.1, 0.15) is 134 Å². The Balaban J connectivity index is 0.768. The number of halogens is 3. The average Bonchev–Trinajstić information content (AvgIpc) is 4.00. The predicted octanol–water partition coefficient (Wildman–Crippen LogP) is 7.13. The minimum Gasteiger partial charge on any atom is -0.444 e. The van der Waals surface area contributed by atoms with Gasteiger partial charge in [0.2, 0.25) is 17.7 Å². The van der Waals surface area contributed by atoms with Crippen LogP contribution in [0.2, 0.25) is 0 Å². The molecule has 4 aromatic heterocycles. The van der Waals surface area contributed by atoms with Gasteiger partial charge in [0.15, 0.2) is 11.4 Å². The molecule has 16 nitrogen and oxygen atoms in total. The fraction of sp³-hybridized carbons (Fsp3) is 0.511. The van der Waals surface area contributed by atoms with E-state index in [1.54, 1.807) is 22.5 Å². The molecule has 1 atom stereocenters. The van der Waals surface area contributed by atoms with Crippen molar-refractivity contribution in [2.24, 2.45) is 18.7 Å². The van der Waals surface area contributed by atoms with Gasteiger partial charge in [-0.3, -0.25) is 43.3 Å². The van der Waals surface area contributed by atoms with E-state index in [1.807, 2.05) is 18.2 Å². The minimum absolute atomic E-state index is 0.0319. The van der Waals surface area contributed by atoms with Crippen LogP contribution >= 0.6 is 0 Å². The summed E-state index contributed by atoms with van der Waals surface area (Å²) in [6.45, 7) is 1.42. The summed E-state index contributed by atoms with van der Waals surface area (Å²) in [7, 11) is 1.70. The number of alkyl halides is 3. The molecule has 1 saturated heterocycles. The molecule has 2 aliphatic rings. The van der Waals surface area contributed by atoms with Crippen LogP contribution in [0.4, 0.5) is 18.9 Å². The molecule has 4 amide bonds. The lowest BCUT2D eigenvalue weighted by Gasteiger charge is -2.28. The maximum Gasteiger partial charge on any atom is 0.389 e. The quantitative estimate of drug-likeness (QED) is 0.0531. The smallest absolute Gasteiger partial charge is 0.389 e. The Morgan fingerprint density at radius 3 is 2.47 bits per heavy atom. The van der Waals surface area contributed by atoms with Gasteiger partial charge in [-0.2, -0.15) is 18.3 Å². The lowest BCUT2D eigenvalue weighted by atomic mass is 9.83. The topological polar surface area (TPSA) is 211 Å². The number of ether oxygens (including phenoxy) is 1. The molecule has 2 fully saturated rings. The molecule has 64 heavy (non-hydrogen) atoms. The number of nitrogens with zero attached hydrogens (tertiary/aromatic N) is 6. The number of piperidine rings is 1. The van der Waals surface area contributed by atoms with Crippen LogP contribution in [0.25, 0.3) is 22.5 Å². The van der Waals surface area contributed by atoms with E-state index in [4.69, 9.17) is 14.9 Å². The number of imide groups is 1. The first-order chi connectivity index (χ1) is 30.7. The van der Waals surface area contributed by atoms with Crippen LogP contribution in [-0.2, 0) is 34.2 Å². The molecule has 1 aliphatic heterocycles. The number of unbranched alkanes of at least 4 members (excludes halogenated alkanes) is 4. The number of hydrogen-bond acceptors (Lipinski definition) is 10. The monoisotopic (exact) mass is 889 g/mol. The molecule has 0 spiro atoms. The van der Waals surface area contributed by atoms with Crippen LogP contribution in [0, 0.1) is 5.92 Å². The fourth-order valence-electron chi connectivity index (χ4n) is 8.69. The first kappa shape index (κ1) is 45.9. The van der Waals surface area contributed by atoms with Gasteiger partial charge in [0.05, 0.1) is 22.8 Å². The third-order valence-electron chi connectivity index (χ3n) is 12.2. The Hall–Kier alpha value is -6.11. The summed E-state index contributed by atoms with van der Waals surface area (Å²) < 4.78 is 54.2. The fourth-order valence-corrected chi connectivity index (χ4v) is 8.69. The standard InChI is InChI=1S/C45H54F3N9O7/c1-55-37-24-29(12-15-35(37)57(44(55)62)36-16-17-38(58)53-42(36)61)9-5-7-23-63-22-6-3-2-4-8-28-10-13-32(14-11-28)56-26-33(39(54-56)40(49)59)51-41(60)34-27-64-43(52-34)30-19-21-50-31(25-30)18-20-45(46,47)48/h12,15,19,21,24-28,32,36H,2-11,13-14,16-18,20,22-23H2,1H3,(H2,49,59)(H,51,60)(H,53,58,61). The minimum atomic E-state index is -4.32. The van der Waals surface area contributed by atoms with Crippen molar-refractivity contribution in [3.05, 3.63) is 82.1 Å². The Morgan fingerprint density at radius 2 is 1.72 bits per heavy atom. The van der Waals surface area contributed by atoms with Crippen LogP contribution in [0.5, 0.6) is 0 Å². The zero-order valence-corrected chi connectivity index (χ0v) is 35.8. The lowest BCUT2D eigenvalue weighted by Crippen LogP contribution is -2.44. The van der Waals surface area contributed by atoms with Crippen molar-refractivity contribution in [1.82, 2.24) is 34.2 Å². The second-order valence-corrected chi connectivity index (χ2v) is 16.8. The summed E-state index contributed by atoms with van der Waals surface area (Å²) in [4.78, 5) is 70.7. The molecule has 342 valence electrons. The summed E-state index contributed by atoms with van der Waals surface area (Å²) in [5.74, 6) is -1.57. The van der Waals surface area contributed by atoms with Crippen molar-refractivity contribution in [3.63, 3.8) is 0 Å². The zero-order valence-electron chi connectivity index (χ0n) is 35.8. The van der Waals surface area contributed by atoms with Crippen molar-refractivity contribution in [2.45, 2.75) is 121 Å². The number of carbonyl (C=O) groups is 4. The number of fused-ring (bicyclic) bond motifs is 1. The largest absolute Gasteiger partial charge is 0.444 e. The Morgan fingerprint density at radius 1 is 0.953 bits per heavy atom. The number of primary amides is 1. The first-order valence-corrected chi connectivity index (χ1v) is 22.0. The maximum absolute atomic E-state index is 13.1. The summed E-state index contributed by atoms with van der Waals surface area (Å²) in [5.41, 5.74) is 8.47. The summed E-state index contributed by atoms with van der Waals surface area (Å²) >= 11 is 0. The summed E-state index contributed by atoms with van der Waals surface area (Å²) in [6.07, 6.45) is 11.0. The van der Waals surface area contributed by atoms with Crippen LogP contribution in [-0.4, -0.2) is 71.9 Å². The number of rotatable bonds is 20. The highest BCUT2D eigenvalue weighted by Gasteiger charge is 2.32. The third kappa shape index (κ3) is 11.5. The molecule has 1 aliphatic carbocycles. The number of oxazole rings is 1. The van der Waals surface area contributed by atoms with Gasteiger partial charge in [0.1, 0.15) is 12.3 Å². The van der Waals surface area contributed by atoms with E-state index in [0.717, 1.165) is 101 Å². The van der Waals surface area contributed by atoms with Gasteiger partial charge >= 0.3 is 11.9 Å². The number of anilines is 1. The number of nitrogens with one attached hydrogen (secondary N) is 2. The normalized spacial score (nSPS) is 18.1. The lowest BCUT2D eigenvalue weighted by molar-refractivity contribution is -0.136. The van der Waals surface area contributed by atoms with Crippen molar-refractivity contribution in [1.29, 1.82) is 0 Å². The second-order valence-electron chi connectivity index (χ2n) is 16.8. The molecule has 1 aromatic carbocycles. The van der Waals surface area contributed by atoms with Crippen molar-refractivity contribution >= 4 is 40.3 Å². The predicted molar refractivity (Wildman–Crippen MR) is 229 cm³/mol. The zero-order chi connectivity index (χ0) is 45.4. The van der Waals surface area contributed by atoms with Crippen molar-refractivity contribution in [3.8, 4) is 11.5 Å². The number of aromatic nitrogens is 6. The van der Waals surface area contributed by atoms with Gasteiger partial charge < -0.3 is 20.2 Å². The van der Waals surface area contributed by atoms with Crippen LogP contribution in [0.15, 0.2) is 58.2 Å². The molecule has 1 unspecified atom stereocenters. The molecule has 0 radical (unpaired) electrons. The first-order valence-electron chi connectivity index (χ1n) is 22.0. The SMILES string of the molecule is Cn1c(=O)n(C2CCC(=O)NC2=O)c2ccc(CCCCOCCCCCCC3CCC(n4cc(NC(=O)c5coc(-c6ccnc(CCC(F)(F)F)c6)n5)c(C(N)=O)n4)CC3)cc21. The van der Waals surface area contributed by atoms with Gasteiger partial charge in [-0.05, 0) is 100.0 Å². The Labute approximate surface area is 367 Å². The van der Waals surface area contributed by atoms with E-state index >= 15 is 0 Å². The Bertz CT molecular complexity index is 2520. The molecule has 19 heteroatoms. The van der Waals surface area contributed by atoms with E-state index in [2.05, 4.69) is 25.7 Å². The molecule has 1 saturated carbocycles. The number of benzene rings is 1. The number of imidazole rings is 1. The van der Waals surface area contributed by atoms with Crippen molar-refractivity contribution < 1.29 is 41.5 Å². The maximum atomic E-state index is 13.1. The number of carbonyl (C=O) groups excluding carboxylic acids is 4. The Kier molecular flexibility index (Phi) is 14.8. The van der Waals surface area contributed by atoms with Gasteiger partial charge in [0, 0.05) is 56.8 Å². The number of aryl methyl sites for hydroxylation is 3. The highest BCUT2D eigenvalue weighted by Crippen LogP contribution is 2.36. The van der Waals surface area contributed by atoms with E-state index in [0.29, 0.717) is 30.0 Å². The number of hydrogen-bond donors (Lipinski definition) is 3. The molecule has 4 N–H and O–H groups in total. The van der Waals surface area contributed by atoms with Gasteiger partial charge in [-0.1, -0.05) is 31.7 Å². The second kappa shape index (κ2) is 20.6. The molecule has 5 heterocycles. The number of amides is 4. The molecule has 0 bridgehead atoms. The van der Waals surface area contributed by atoms with Gasteiger partial charge in [-0.25, -0.2) is 9.78 Å². The molecule has 7 rings (SSSR count). The number of nitrogens with two attached hydrogens (primary N) is 1. The molecule has 5 aromatic rings. The number of pyridine rings is 1. The molecular weight excluding hydrogens is 836 g/mol. The van der Waals surface area contributed by atoms with Gasteiger partial charge in [0.25, 0.3) is 11.8 Å². The summed E-state index contributed by atoms with van der Waals surface area (Å²) in [6, 6.07) is 8.20. The highest BCUT2D eigenvalue weighted by molar-refractivity contribution is 6.07. The van der Waals surface area contributed by atoms with E-state index in [9.17, 15) is 37.1 Å². The van der Waals surface area contributed by atoms with Crippen LogP contribution in [0.3, 0.4) is 0 Å². The average molecular weight is 890 g/mol. The summed E-state index contributed by atoms with van der Waals surface area (Å²) in [5, 5.41) is 9.43. The molecular formula is C45H54F3N9O7. The van der Waals surface area contributed by atoms with E-state index in [-0.39, 0.29) is 59.1 Å².